The van der Waals surface area contributed by atoms with Gasteiger partial charge in [0, 0.05) is 19.2 Å². The molecule has 2 unspecified atom stereocenters. The van der Waals surface area contributed by atoms with Crippen LogP contribution in [0.2, 0.25) is 5.02 Å². The van der Waals surface area contributed by atoms with Gasteiger partial charge in [0.25, 0.3) is 5.88 Å². The van der Waals surface area contributed by atoms with Crippen molar-refractivity contribution in [2.75, 3.05) is 5.73 Å². The molecule has 2 rings (SSSR count). The van der Waals surface area contributed by atoms with Crippen LogP contribution >= 0.6 is 11.6 Å². The van der Waals surface area contributed by atoms with E-state index in [4.69, 9.17) is 27.8 Å². The zero-order chi connectivity index (χ0) is 18.2. The number of nitrogens with zero attached hydrogens (tertiary/aromatic N) is 3. The number of pyridine rings is 1. The molecule has 0 fully saturated rings. The van der Waals surface area contributed by atoms with Gasteiger partial charge < -0.3 is 21.3 Å². The summed E-state index contributed by atoms with van der Waals surface area (Å²) in [6, 6.07) is 2.03. The van der Waals surface area contributed by atoms with Gasteiger partial charge in [-0.1, -0.05) is 11.6 Å². The van der Waals surface area contributed by atoms with Crippen LogP contribution < -0.4 is 16.2 Å². The van der Waals surface area contributed by atoms with Crippen LogP contribution in [0.15, 0.2) is 12.1 Å². The molecule has 0 aliphatic carbocycles. The summed E-state index contributed by atoms with van der Waals surface area (Å²) in [6.07, 6.45) is -5.86. The molecule has 11 heteroatoms. The first kappa shape index (κ1) is 18.3. The second-order valence-electron chi connectivity index (χ2n) is 5.12. The number of nitrogen functional groups attached to an aromatic ring is 1. The average molecular weight is 366 g/mol. The van der Waals surface area contributed by atoms with Crippen LogP contribution in [-0.2, 0) is 13.2 Å². The van der Waals surface area contributed by atoms with E-state index in [0.717, 1.165) is 7.05 Å². The smallest absolute Gasteiger partial charge is 0.418 e. The molecule has 132 valence electrons. The zero-order valence-electron chi connectivity index (χ0n) is 12.7. The molecule has 2 aromatic rings. The molecule has 0 aromatic carbocycles. The van der Waals surface area contributed by atoms with Gasteiger partial charge in [0.05, 0.1) is 11.4 Å². The number of aliphatic hydroxyl groups is 1. The van der Waals surface area contributed by atoms with Gasteiger partial charge in [0.1, 0.15) is 11.1 Å². The summed E-state index contributed by atoms with van der Waals surface area (Å²) in [4.78, 5) is 3.96. The van der Waals surface area contributed by atoms with Crippen molar-refractivity contribution in [3.8, 4) is 11.8 Å². The molecule has 0 radical (unpaired) electrons. The highest BCUT2D eigenvalue weighted by Gasteiger charge is 2.39. The van der Waals surface area contributed by atoms with Crippen LogP contribution in [0.5, 0.6) is 11.8 Å². The lowest BCUT2D eigenvalue weighted by atomic mass is 10.1. The van der Waals surface area contributed by atoms with Gasteiger partial charge >= 0.3 is 6.18 Å². The minimum absolute atomic E-state index is 0.0469. The molecule has 0 spiro atoms. The summed E-state index contributed by atoms with van der Waals surface area (Å²) in [6.45, 7) is 1.55. The maximum absolute atomic E-state index is 12.9. The van der Waals surface area contributed by atoms with E-state index in [2.05, 4.69) is 10.1 Å². The third kappa shape index (κ3) is 3.55. The number of anilines is 1. The van der Waals surface area contributed by atoms with Crippen molar-refractivity contribution in [3.05, 3.63) is 28.5 Å². The second-order valence-corrected chi connectivity index (χ2v) is 5.50. The second kappa shape index (κ2) is 6.46. The lowest BCUT2D eigenvalue weighted by Crippen LogP contribution is -2.26. The fourth-order valence-electron chi connectivity index (χ4n) is 1.96. The van der Waals surface area contributed by atoms with Gasteiger partial charge in [-0.2, -0.15) is 13.2 Å². The quantitative estimate of drug-likeness (QED) is 0.766. The van der Waals surface area contributed by atoms with Crippen molar-refractivity contribution >= 4 is 17.3 Å². The first-order valence-electron chi connectivity index (χ1n) is 6.70. The highest BCUT2D eigenvalue weighted by atomic mass is 35.5. The third-order valence-electron chi connectivity index (χ3n) is 3.14. The maximum atomic E-state index is 12.9. The third-order valence-corrected chi connectivity index (χ3v) is 3.48. The molecule has 0 bridgehead atoms. The summed E-state index contributed by atoms with van der Waals surface area (Å²) < 4.78 is 44.5. The number of aliphatic hydroxyl groups excluding tert-OH is 1. The standard InChI is InChI=1S/C13H15ClF3N5O2/c1-5(18)10(23)9-6(19)3-4-7(20-9)24-12-8(14)11(13(15,16)17)22(2)21-12/h3-5,10,23H,18-19H2,1-2H3. The van der Waals surface area contributed by atoms with Crippen LogP contribution in [-0.4, -0.2) is 25.9 Å². The van der Waals surface area contributed by atoms with E-state index < -0.39 is 34.9 Å². The van der Waals surface area contributed by atoms with Gasteiger partial charge in [-0.05, 0) is 13.0 Å². The Balaban J connectivity index is 2.38. The Morgan fingerprint density at radius 1 is 1.38 bits per heavy atom. The van der Waals surface area contributed by atoms with Crippen molar-refractivity contribution in [2.24, 2.45) is 12.8 Å². The summed E-state index contributed by atoms with van der Waals surface area (Å²) in [5.74, 6) is -0.599. The number of rotatable bonds is 4. The van der Waals surface area contributed by atoms with Crippen molar-refractivity contribution in [3.63, 3.8) is 0 Å². The predicted molar refractivity (Wildman–Crippen MR) is 80.6 cm³/mol. The van der Waals surface area contributed by atoms with Gasteiger partial charge in [-0.3, -0.25) is 4.68 Å². The number of ether oxygens (including phenoxy) is 1. The summed E-state index contributed by atoms with van der Waals surface area (Å²) in [7, 11) is 1.09. The van der Waals surface area contributed by atoms with Gasteiger partial charge in [0.2, 0.25) is 5.88 Å². The highest BCUT2D eigenvalue weighted by Crippen LogP contribution is 2.40. The highest BCUT2D eigenvalue weighted by molar-refractivity contribution is 6.32. The van der Waals surface area contributed by atoms with Crippen LogP contribution in [0.3, 0.4) is 0 Å². The van der Waals surface area contributed by atoms with E-state index in [1.54, 1.807) is 6.92 Å². The van der Waals surface area contributed by atoms with Crippen LogP contribution in [0.25, 0.3) is 0 Å². The Morgan fingerprint density at radius 3 is 2.50 bits per heavy atom. The lowest BCUT2D eigenvalue weighted by molar-refractivity contribution is -0.143. The summed E-state index contributed by atoms with van der Waals surface area (Å²) in [5, 5.41) is 12.9. The van der Waals surface area contributed by atoms with Gasteiger partial charge in [-0.25, -0.2) is 4.98 Å². The number of nitrogens with two attached hydrogens (primary N) is 2. The Hall–Kier alpha value is -2.04. The molecule has 24 heavy (non-hydrogen) atoms. The molecule has 0 amide bonds. The van der Waals surface area contributed by atoms with Crippen molar-refractivity contribution in [1.29, 1.82) is 0 Å². The molecule has 5 N–H and O–H groups in total. The number of aryl methyl sites for hydroxylation is 1. The topological polar surface area (TPSA) is 112 Å². The Morgan fingerprint density at radius 2 is 2.00 bits per heavy atom. The van der Waals surface area contributed by atoms with E-state index in [1.807, 2.05) is 0 Å². The van der Waals surface area contributed by atoms with E-state index in [1.165, 1.54) is 12.1 Å². The molecule has 0 aliphatic heterocycles. The molecular weight excluding hydrogens is 351 g/mol. The van der Waals surface area contributed by atoms with Gasteiger partial charge in [-0.15, -0.1) is 5.10 Å². The maximum Gasteiger partial charge on any atom is 0.434 e. The van der Waals surface area contributed by atoms with Crippen LogP contribution in [0.4, 0.5) is 18.9 Å². The predicted octanol–water partition coefficient (Wildman–Crippen LogP) is 2.24. The molecule has 2 atom stereocenters. The van der Waals surface area contributed by atoms with Crippen LogP contribution in [0.1, 0.15) is 24.4 Å². The molecule has 2 heterocycles. The molecule has 0 saturated heterocycles. The van der Waals surface area contributed by atoms with E-state index in [0.29, 0.717) is 4.68 Å². The van der Waals surface area contributed by atoms with Crippen molar-refractivity contribution in [1.82, 2.24) is 14.8 Å². The van der Waals surface area contributed by atoms with E-state index in [9.17, 15) is 18.3 Å². The Kier molecular flexibility index (Phi) is 4.92. The molecular formula is C13H15ClF3N5O2. The monoisotopic (exact) mass is 365 g/mol. The summed E-state index contributed by atoms with van der Waals surface area (Å²) >= 11 is 5.70. The average Bonchev–Trinajstić information content (AvgIpc) is 2.74. The number of hydrogen-bond acceptors (Lipinski definition) is 6. The number of aromatic nitrogens is 3. The van der Waals surface area contributed by atoms with E-state index >= 15 is 0 Å². The number of hydrogen-bond donors (Lipinski definition) is 3. The first-order chi connectivity index (χ1) is 11.0. The molecule has 2 aromatic heterocycles. The minimum Gasteiger partial charge on any atom is -0.418 e. The summed E-state index contributed by atoms with van der Waals surface area (Å²) in [5.41, 5.74) is 10.4. The van der Waals surface area contributed by atoms with Crippen molar-refractivity contribution in [2.45, 2.75) is 25.2 Å². The zero-order valence-corrected chi connectivity index (χ0v) is 13.4. The SMILES string of the molecule is CC(N)C(O)c1nc(Oc2nn(C)c(C(F)(F)F)c2Cl)ccc1N. The largest absolute Gasteiger partial charge is 0.434 e. The fourth-order valence-corrected chi connectivity index (χ4v) is 2.26. The first-order valence-corrected chi connectivity index (χ1v) is 7.07. The molecule has 0 aliphatic rings. The lowest BCUT2D eigenvalue weighted by Gasteiger charge is -2.16. The normalized spacial score (nSPS) is 14.5. The fraction of sp³-hybridized carbons (Fsp3) is 0.385. The van der Waals surface area contributed by atoms with E-state index in [-0.39, 0.29) is 17.3 Å². The Labute approximate surface area is 140 Å². The van der Waals surface area contributed by atoms with Crippen LogP contribution in [0, 0.1) is 0 Å². The minimum atomic E-state index is -4.69. The number of alkyl halides is 3. The molecule has 0 saturated carbocycles. The van der Waals surface area contributed by atoms with Gasteiger partial charge in [0.15, 0.2) is 5.69 Å². The van der Waals surface area contributed by atoms with Crippen molar-refractivity contribution < 1.29 is 23.0 Å². The Bertz CT molecular complexity index is 748. The molecule has 7 nitrogen and oxygen atoms in total. The number of halogens is 4.